The first-order valence-corrected chi connectivity index (χ1v) is 9.74. The van der Waals surface area contributed by atoms with E-state index in [2.05, 4.69) is 26.6 Å². The van der Waals surface area contributed by atoms with Gasteiger partial charge in [-0.15, -0.1) is 11.3 Å². The van der Waals surface area contributed by atoms with Crippen LogP contribution < -0.4 is 5.32 Å². The fraction of sp³-hybridized carbons (Fsp3) is 0.105. The number of fused-ring (bicyclic) bond motifs is 1. The Labute approximate surface area is 158 Å². The van der Waals surface area contributed by atoms with Gasteiger partial charge < -0.3 is 5.32 Å². The second kappa shape index (κ2) is 6.93. The van der Waals surface area contributed by atoms with Crippen molar-refractivity contribution in [2.24, 2.45) is 0 Å². The molecule has 0 saturated heterocycles. The number of amides is 1. The Bertz CT molecular complexity index is 1100. The van der Waals surface area contributed by atoms with E-state index in [0.717, 1.165) is 37.1 Å². The molecular weight excluding hydrogens is 364 g/mol. The maximum absolute atomic E-state index is 12.7. The summed E-state index contributed by atoms with van der Waals surface area (Å²) in [6.07, 6.45) is 1.71. The lowest BCUT2D eigenvalue weighted by atomic mass is 10.1. The number of rotatable bonds is 4. The number of H-pyrrole nitrogens is 1. The maximum Gasteiger partial charge on any atom is 0.257 e. The Kier molecular flexibility index (Phi) is 4.48. The van der Waals surface area contributed by atoms with Crippen LogP contribution in [-0.2, 0) is 0 Å². The van der Waals surface area contributed by atoms with E-state index in [1.807, 2.05) is 43.5 Å². The molecule has 2 heterocycles. The van der Waals surface area contributed by atoms with Crippen molar-refractivity contribution in [3.8, 4) is 0 Å². The molecular formula is C19H16N4OS2. The van der Waals surface area contributed by atoms with Crippen LogP contribution in [0, 0.1) is 13.8 Å². The molecule has 7 heteroatoms. The lowest BCUT2D eigenvalue weighted by Crippen LogP contribution is -2.13. The van der Waals surface area contributed by atoms with Crippen molar-refractivity contribution in [3.05, 3.63) is 64.8 Å². The van der Waals surface area contributed by atoms with Gasteiger partial charge >= 0.3 is 0 Å². The Morgan fingerprint density at radius 1 is 1.23 bits per heavy atom. The molecule has 0 bridgehead atoms. The molecule has 0 aliphatic carbocycles. The Morgan fingerprint density at radius 2 is 2.12 bits per heavy atom. The first-order valence-electron chi connectivity index (χ1n) is 8.04. The fourth-order valence-electron chi connectivity index (χ4n) is 2.67. The maximum atomic E-state index is 12.7. The highest BCUT2D eigenvalue weighted by Gasteiger charge is 2.13. The summed E-state index contributed by atoms with van der Waals surface area (Å²) in [5, 5.41) is 12.9. The number of hydrogen-bond acceptors (Lipinski definition) is 5. The van der Waals surface area contributed by atoms with Crippen LogP contribution in [-0.4, -0.2) is 21.1 Å². The van der Waals surface area contributed by atoms with Crippen LogP contribution in [0.3, 0.4) is 0 Å². The zero-order valence-corrected chi connectivity index (χ0v) is 15.9. The van der Waals surface area contributed by atoms with Crippen LogP contribution in [0.25, 0.3) is 10.9 Å². The van der Waals surface area contributed by atoms with Crippen LogP contribution in [0.5, 0.6) is 0 Å². The summed E-state index contributed by atoms with van der Waals surface area (Å²) in [6, 6.07) is 11.6. The van der Waals surface area contributed by atoms with Crippen LogP contribution in [0.15, 0.2) is 57.2 Å². The van der Waals surface area contributed by atoms with Gasteiger partial charge in [0.05, 0.1) is 17.3 Å². The molecule has 2 aromatic heterocycles. The van der Waals surface area contributed by atoms with Crippen molar-refractivity contribution in [2.45, 2.75) is 23.1 Å². The molecule has 130 valence electrons. The zero-order chi connectivity index (χ0) is 18.1. The second-order valence-corrected chi connectivity index (χ2v) is 8.11. The molecule has 4 aromatic rings. The number of hydrogen-bond donors (Lipinski definition) is 2. The normalized spacial score (nSPS) is 11.0. The number of para-hydroxylation sites is 1. The summed E-state index contributed by atoms with van der Waals surface area (Å²) >= 11 is 3.27. The number of thiazole rings is 1. The van der Waals surface area contributed by atoms with Gasteiger partial charge in [0.15, 0.2) is 4.34 Å². The average Bonchev–Trinajstić information content (AvgIpc) is 3.25. The molecule has 26 heavy (non-hydrogen) atoms. The summed E-state index contributed by atoms with van der Waals surface area (Å²) in [6.45, 7) is 3.98. The molecule has 5 nitrogen and oxygen atoms in total. The molecule has 0 radical (unpaired) electrons. The highest BCUT2D eigenvalue weighted by atomic mass is 32.2. The van der Waals surface area contributed by atoms with Crippen LogP contribution in [0.2, 0.25) is 0 Å². The van der Waals surface area contributed by atoms with Crippen molar-refractivity contribution in [1.29, 1.82) is 0 Å². The Morgan fingerprint density at radius 3 is 2.88 bits per heavy atom. The molecule has 2 aromatic carbocycles. The van der Waals surface area contributed by atoms with Gasteiger partial charge in [-0.3, -0.25) is 9.89 Å². The first-order chi connectivity index (χ1) is 12.6. The van der Waals surface area contributed by atoms with Gasteiger partial charge in [0.2, 0.25) is 0 Å². The average molecular weight is 380 g/mol. The number of nitrogens with zero attached hydrogens (tertiary/aromatic N) is 2. The number of anilines is 1. The number of nitrogens with one attached hydrogen (secondary N) is 2. The van der Waals surface area contributed by atoms with Gasteiger partial charge in [-0.2, -0.15) is 5.10 Å². The summed E-state index contributed by atoms with van der Waals surface area (Å²) in [5.41, 5.74) is 4.16. The van der Waals surface area contributed by atoms with Crippen molar-refractivity contribution in [3.63, 3.8) is 0 Å². The predicted molar refractivity (Wildman–Crippen MR) is 106 cm³/mol. The number of aromatic amines is 1. The van der Waals surface area contributed by atoms with E-state index in [9.17, 15) is 4.79 Å². The van der Waals surface area contributed by atoms with Crippen molar-refractivity contribution < 1.29 is 4.79 Å². The van der Waals surface area contributed by atoms with Gasteiger partial charge in [0.1, 0.15) is 0 Å². The topological polar surface area (TPSA) is 70.7 Å². The van der Waals surface area contributed by atoms with E-state index in [-0.39, 0.29) is 5.91 Å². The molecule has 0 aliphatic rings. The van der Waals surface area contributed by atoms with Crippen LogP contribution >= 0.6 is 23.1 Å². The molecule has 0 spiro atoms. The van der Waals surface area contributed by atoms with Crippen molar-refractivity contribution >= 4 is 45.6 Å². The quantitative estimate of drug-likeness (QED) is 0.520. The lowest BCUT2D eigenvalue weighted by Gasteiger charge is -2.10. The van der Waals surface area contributed by atoms with Gasteiger partial charge in [0, 0.05) is 27.0 Å². The lowest BCUT2D eigenvalue weighted by molar-refractivity contribution is 0.102. The fourth-order valence-corrected chi connectivity index (χ4v) is 4.58. The zero-order valence-electron chi connectivity index (χ0n) is 14.2. The highest BCUT2D eigenvalue weighted by molar-refractivity contribution is 8.01. The number of benzene rings is 2. The molecule has 0 aliphatic heterocycles. The van der Waals surface area contributed by atoms with Gasteiger partial charge in [-0.25, -0.2) is 4.98 Å². The first kappa shape index (κ1) is 16.8. The van der Waals surface area contributed by atoms with Crippen LogP contribution in [0.4, 0.5) is 5.69 Å². The van der Waals surface area contributed by atoms with Gasteiger partial charge in [-0.1, -0.05) is 23.9 Å². The van der Waals surface area contributed by atoms with E-state index < -0.39 is 0 Å². The molecule has 0 fully saturated rings. The Hall–Kier alpha value is -2.64. The van der Waals surface area contributed by atoms with E-state index >= 15 is 0 Å². The van der Waals surface area contributed by atoms with Crippen molar-refractivity contribution in [1.82, 2.24) is 15.2 Å². The summed E-state index contributed by atoms with van der Waals surface area (Å²) in [7, 11) is 0. The number of aryl methyl sites for hydroxylation is 2. The molecule has 0 saturated carbocycles. The molecule has 4 rings (SSSR count). The molecule has 0 atom stereocenters. The second-order valence-electron chi connectivity index (χ2n) is 5.93. The summed E-state index contributed by atoms with van der Waals surface area (Å²) < 4.78 is 1.02. The van der Waals surface area contributed by atoms with Gasteiger partial charge in [-0.05, 0) is 43.7 Å². The third-order valence-corrected chi connectivity index (χ3v) is 6.02. The minimum absolute atomic E-state index is 0.154. The molecule has 2 N–H and O–H groups in total. The van der Waals surface area contributed by atoms with E-state index in [4.69, 9.17) is 0 Å². The monoisotopic (exact) mass is 380 g/mol. The SMILES string of the molecule is Cc1csc(Sc2ccc(NC(=O)c3cccc4cn[nH]c34)c(C)c2)n1. The molecule has 0 unspecified atom stereocenters. The Balaban J connectivity index is 1.54. The van der Waals surface area contributed by atoms with E-state index in [1.54, 1.807) is 35.4 Å². The summed E-state index contributed by atoms with van der Waals surface area (Å²) in [4.78, 5) is 18.3. The van der Waals surface area contributed by atoms with E-state index in [1.165, 1.54) is 0 Å². The molecule has 1 amide bonds. The minimum atomic E-state index is -0.154. The summed E-state index contributed by atoms with van der Waals surface area (Å²) in [5.74, 6) is -0.154. The third-order valence-electron chi connectivity index (χ3n) is 3.97. The smallest absolute Gasteiger partial charge is 0.257 e. The van der Waals surface area contributed by atoms with E-state index in [0.29, 0.717) is 5.56 Å². The van der Waals surface area contributed by atoms with Crippen molar-refractivity contribution in [2.75, 3.05) is 5.32 Å². The number of carbonyl (C=O) groups excluding carboxylic acids is 1. The van der Waals surface area contributed by atoms with Crippen LogP contribution in [0.1, 0.15) is 21.6 Å². The number of carbonyl (C=O) groups is 1. The minimum Gasteiger partial charge on any atom is -0.322 e. The largest absolute Gasteiger partial charge is 0.322 e. The third kappa shape index (κ3) is 3.36. The van der Waals surface area contributed by atoms with Gasteiger partial charge in [0.25, 0.3) is 5.91 Å². The highest BCUT2D eigenvalue weighted by Crippen LogP contribution is 2.32. The predicted octanol–water partition coefficient (Wildman–Crippen LogP) is 5.04. The standard InChI is InChI=1S/C19H16N4OS2/c1-11-8-14(26-19-21-12(2)10-25-19)6-7-16(11)22-18(24)15-5-3-4-13-9-20-23-17(13)15/h3-10H,1-2H3,(H,20,23)(H,22,24). The number of aromatic nitrogens is 3.